The van der Waals surface area contributed by atoms with E-state index in [2.05, 4.69) is 16.8 Å². The third-order valence-corrected chi connectivity index (χ3v) is 7.05. The molecule has 2 aromatic carbocycles. The van der Waals surface area contributed by atoms with Crippen molar-refractivity contribution in [1.29, 1.82) is 0 Å². The SMILES string of the molecule is COc1ccc2nccc(C(O)CC[C@@H]3CCN(CC#Cc4ccc(F)c(Cl)c4)C[C@@H]3C(=O)O)c2c1. The number of nitrogens with zero attached hydrogens (tertiary/aromatic N) is 2. The second kappa shape index (κ2) is 11.7. The monoisotopic (exact) mass is 510 g/mol. The topological polar surface area (TPSA) is 82.9 Å². The van der Waals surface area contributed by atoms with Crippen molar-refractivity contribution in [3.8, 4) is 17.6 Å². The highest BCUT2D eigenvalue weighted by Gasteiger charge is 2.34. The summed E-state index contributed by atoms with van der Waals surface area (Å²) in [6, 6.07) is 11.7. The lowest BCUT2D eigenvalue weighted by Gasteiger charge is -2.36. The minimum Gasteiger partial charge on any atom is -0.497 e. The molecule has 1 aromatic heterocycles. The first-order valence-electron chi connectivity index (χ1n) is 11.9. The zero-order valence-electron chi connectivity index (χ0n) is 20.0. The minimum absolute atomic E-state index is 0.0228. The van der Waals surface area contributed by atoms with Gasteiger partial charge in [0.25, 0.3) is 0 Å². The van der Waals surface area contributed by atoms with E-state index in [4.69, 9.17) is 16.3 Å². The zero-order chi connectivity index (χ0) is 25.7. The van der Waals surface area contributed by atoms with Crippen molar-refractivity contribution in [1.82, 2.24) is 9.88 Å². The number of piperidine rings is 1. The zero-order valence-corrected chi connectivity index (χ0v) is 20.7. The van der Waals surface area contributed by atoms with Crippen molar-refractivity contribution in [2.24, 2.45) is 11.8 Å². The number of carboxylic acid groups (broad SMARTS) is 1. The van der Waals surface area contributed by atoms with Crippen molar-refractivity contribution in [2.45, 2.75) is 25.4 Å². The lowest BCUT2D eigenvalue weighted by molar-refractivity contribution is -0.146. The smallest absolute Gasteiger partial charge is 0.308 e. The molecule has 2 N–H and O–H groups in total. The van der Waals surface area contributed by atoms with E-state index in [1.54, 1.807) is 25.4 Å². The highest BCUT2D eigenvalue weighted by molar-refractivity contribution is 6.30. The average molecular weight is 511 g/mol. The molecule has 2 heterocycles. The van der Waals surface area contributed by atoms with Crippen LogP contribution in [0.5, 0.6) is 5.75 Å². The number of aromatic nitrogens is 1. The van der Waals surface area contributed by atoms with Crippen LogP contribution in [-0.4, -0.2) is 52.8 Å². The van der Waals surface area contributed by atoms with Crippen molar-refractivity contribution in [3.63, 3.8) is 0 Å². The Hall–Kier alpha value is -3.18. The standard InChI is InChI=1S/C28H28ClFN2O4/c1-36-20-6-8-26-22(16-20)21(10-12-31-26)27(33)9-5-19-11-14-32(17-23(19)28(34)35)13-2-3-18-4-7-25(30)24(29)15-18/h4,6-8,10,12,15-16,19,23,27,33H,5,9,11,13-14,17H2,1H3,(H,34,35)/t19-,23+,27?/m1/s1. The van der Waals surface area contributed by atoms with Gasteiger partial charge in [-0.05, 0) is 79.8 Å². The Morgan fingerprint density at radius 3 is 2.89 bits per heavy atom. The molecule has 0 amide bonds. The molecule has 1 saturated heterocycles. The highest BCUT2D eigenvalue weighted by Crippen LogP contribution is 2.33. The lowest BCUT2D eigenvalue weighted by atomic mass is 9.81. The van der Waals surface area contributed by atoms with Crippen LogP contribution in [0.2, 0.25) is 5.02 Å². The molecule has 4 rings (SSSR count). The third kappa shape index (κ3) is 6.14. The van der Waals surface area contributed by atoms with Crippen molar-refractivity contribution in [3.05, 3.63) is 70.6 Å². The predicted octanol–water partition coefficient (Wildman–Crippen LogP) is 4.92. The normalized spacial score (nSPS) is 18.9. The first-order valence-corrected chi connectivity index (χ1v) is 12.2. The second-order valence-corrected chi connectivity index (χ2v) is 9.44. The van der Waals surface area contributed by atoms with Gasteiger partial charge in [0, 0.05) is 23.7 Å². The summed E-state index contributed by atoms with van der Waals surface area (Å²) in [5.74, 6) is 4.77. The van der Waals surface area contributed by atoms with Gasteiger partial charge in [-0.1, -0.05) is 23.4 Å². The number of fused-ring (bicyclic) bond motifs is 1. The molecule has 1 fully saturated rings. The molecule has 1 unspecified atom stereocenters. The summed E-state index contributed by atoms with van der Waals surface area (Å²) in [5.41, 5.74) is 2.15. The van der Waals surface area contributed by atoms with Gasteiger partial charge in [-0.2, -0.15) is 0 Å². The van der Waals surface area contributed by atoms with Crippen LogP contribution in [0.15, 0.2) is 48.7 Å². The van der Waals surface area contributed by atoms with E-state index in [9.17, 15) is 19.4 Å². The van der Waals surface area contributed by atoms with Crippen LogP contribution < -0.4 is 4.74 Å². The number of aliphatic hydroxyl groups excluding tert-OH is 1. The fraction of sp³-hybridized carbons (Fsp3) is 0.357. The number of aliphatic hydroxyl groups is 1. The number of likely N-dealkylation sites (tertiary alicyclic amines) is 1. The van der Waals surface area contributed by atoms with Gasteiger partial charge in [-0.25, -0.2) is 4.39 Å². The largest absolute Gasteiger partial charge is 0.497 e. The maximum atomic E-state index is 13.3. The summed E-state index contributed by atoms with van der Waals surface area (Å²) in [6.07, 6.45) is 2.70. The Balaban J connectivity index is 1.37. The second-order valence-electron chi connectivity index (χ2n) is 9.04. The van der Waals surface area contributed by atoms with Gasteiger partial charge in [-0.3, -0.25) is 14.7 Å². The van der Waals surface area contributed by atoms with E-state index in [1.165, 1.54) is 12.1 Å². The van der Waals surface area contributed by atoms with Gasteiger partial charge >= 0.3 is 5.97 Å². The van der Waals surface area contributed by atoms with Gasteiger partial charge < -0.3 is 14.9 Å². The highest BCUT2D eigenvalue weighted by atomic mass is 35.5. The van der Waals surface area contributed by atoms with E-state index in [1.807, 2.05) is 23.1 Å². The molecule has 188 valence electrons. The molecule has 0 saturated carbocycles. The molecule has 3 atom stereocenters. The Bertz CT molecular complexity index is 1310. The molecule has 3 aromatic rings. The van der Waals surface area contributed by atoms with E-state index >= 15 is 0 Å². The third-order valence-electron chi connectivity index (χ3n) is 6.76. The van der Waals surface area contributed by atoms with E-state index in [0.29, 0.717) is 43.7 Å². The summed E-state index contributed by atoms with van der Waals surface area (Å²) in [5, 5.41) is 21.7. The molecule has 36 heavy (non-hydrogen) atoms. The Morgan fingerprint density at radius 2 is 2.14 bits per heavy atom. The van der Waals surface area contributed by atoms with Crippen LogP contribution in [0.3, 0.4) is 0 Å². The van der Waals surface area contributed by atoms with Gasteiger partial charge in [-0.15, -0.1) is 0 Å². The molecule has 0 aliphatic carbocycles. The number of rotatable bonds is 7. The molecular weight excluding hydrogens is 483 g/mol. The fourth-order valence-electron chi connectivity index (χ4n) is 4.76. The molecule has 0 spiro atoms. The van der Waals surface area contributed by atoms with E-state index in [0.717, 1.165) is 23.0 Å². The van der Waals surface area contributed by atoms with Crippen molar-refractivity contribution < 1.29 is 24.1 Å². The molecular formula is C28H28ClFN2O4. The molecule has 1 aliphatic heterocycles. The first-order chi connectivity index (χ1) is 17.4. The lowest BCUT2D eigenvalue weighted by Crippen LogP contribution is -2.44. The van der Waals surface area contributed by atoms with Crippen LogP contribution in [-0.2, 0) is 4.79 Å². The number of hydrogen-bond acceptors (Lipinski definition) is 5. The first kappa shape index (κ1) is 25.9. The summed E-state index contributed by atoms with van der Waals surface area (Å²) >= 11 is 5.80. The molecule has 0 bridgehead atoms. The Kier molecular flexibility index (Phi) is 8.42. The fourth-order valence-corrected chi connectivity index (χ4v) is 4.94. The summed E-state index contributed by atoms with van der Waals surface area (Å²) < 4.78 is 18.6. The predicted molar refractivity (Wildman–Crippen MR) is 136 cm³/mol. The number of aliphatic carboxylic acids is 1. The van der Waals surface area contributed by atoms with Crippen molar-refractivity contribution >= 4 is 28.5 Å². The van der Waals surface area contributed by atoms with Crippen LogP contribution in [0.25, 0.3) is 10.9 Å². The summed E-state index contributed by atoms with van der Waals surface area (Å²) in [6.45, 7) is 1.53. The number of methoxy groups -OCH3 is 1. The number of pyridine rings is 1. The minimum atomic E-state index is -0.837. The van der Waals surface area contributed by atoms with Gasteiger partial charge in [0.15, 0.2) is 0 Å². The maximum Gasteiger partial charge on any atom is 0.308 e. The van der Waals surface area contributed by atoms with Crippen molar-refractivity contribution in [2.75, 3.05) is 26.7 Å². The number of carboxylic acids is 1. The van der Waals surface area contributed by atoms with Gasteiger partial charge in [0.2, 0.25) is 0 Å². The Labute approximate surface area is 214 Å². The summed E-state index contributed by atoms with van der Waals surface area (Å²) in [4.78, 5) is 18.4. The van der Waals surface area contributed by atoms with Gasteiger partial charge in [0.05, 0.1) is 36.2 Å². The quantitative estimate of drug-likeness (QED) is 0.439. The summed E-state index contributed by atoms with van der Waals surface area (Å²) in [7, 11) is 1.59. The van der Waals surface area contributed by atoms with Crippen LogP contribution in [0, 0.1) is 29.5 Å². The van der Waals surface area contributed by atoms with E-state index < -0.39 is 23.8 Å². The van der Waals surface area contributed by atoms with Crippen LogP contribution >= 0.6 is 11.6 Å². The van der Waals surface area contributed by atoms with Crippen LogP contribution in [0.4, 0.5) is 4.39 Å². The maximum absolute atomic E-state index is 13.3. The van der Waals surface area contributed by atoms with Gasteiger partial charge in [0.1, 0.15) is 11.6 Å². The molecule has 0 radical (unpaired) electrons. The molecule has 8 heteroatoms. The molecule has 6 nitrogen and oxygen atoms in total. The van der Waals surface area contributed by atoms with E-state index in [-0.39, 0.29) is 10.9 Å². The van der Waals surface area contributed by atoms with Crippen LogP contribution in [0.1, 0.15) is 36.5 Å². The molecule has 1 aliphatic rings. The Morgan fingerprint density at radius 1 is 1.31 bits per heavy atom. The number of halogens is 2. The number of benzene rings is 2. The number of hydrogen-bond donors (Lipinski definition) is 2. The number of carbonyl (C=O) groups is 1. The average Bonchev–Trinajstić information content (AvgIpc) is 2.88. The number of ether oxygens (including phenoxy) is 1.